The molecule has 0 saturated heterocycles. The maximum Gasteiger partial charge on any atom is 0.328 e. The van der Waals surface area contributed by atoms with Crippen molar-refractivity contribution in [1.29, 1.82) is 0 Å². The van der Waals surface area contributed by atoms with Crippen LogP contribution in [0.5, 0.6) is 0 Å². The predicted molar refractivity (Wildman–Crippen MR) is 110 cm³/mol. The van der Waals surface area contributed by atoms with Crippen molar-refractivity contribution in [2.24, 2.45) is 0 Å². The number of rotatable bonds is 16. The Morgan fingerprint density at radius 2 is 1.12 bits per heavy atom. The molecule has 3 nitrogen and oxygen atoms in total. The number of carboxylic acid groups (broad SMARTS) is 1. The molecule has 0 saturated carbocycles. The number of carboxylic acids is 1. The second kappa shape index (κ2) is 22.4. The molecule has 0 radical (unpaired) electrons. The molecule has 0 aliphatic heterocycles. The summed E-state index contributed by atoms with van der Waals surface area (Å²) in [5, 5.41) is 8.41. The van der Waals surface area contributed by atoms with E-state index in [1.54, 1.807) is 6.08 Å². The summed E-state index contributed by atoms with van der Waals surface area (Å²) in [7, 11) is 0. The summed E-state index contributed by atoms with van der Waals surface area (Å²) in [6, 6.07) is 0. The van der Waals surface area contributed by atoms with Gasteiger partial charge in [-0.2, -0.15) is 0 Å². The van der Waals surface area contributed by atoms with Gasteiger partial charge in [0.2, 0.25) is 0 Å². The minimum absolute atomic E-state index is 0. The lowest BCUT2D eigenvalue weighted by atomic mass is 10.1. The number of hydrogen-bond donors (Lipinski definition) is 2. The van der Waals surface area contributed by atoms with E-state index in [1.165, 1.54) is 76.7 Å². The Morgan fingerprint density at radius 1 is 0.680 bits per heavy atom. The van der Waals surface area contributed by atoms with Gasteiger partial charge in [0.25, 0.3) is 0 Å². The standard InChI is InChI=1S/C22H36O2.H3N/c1-2-3-4-5-6-7-8-9-10-11-12-13-14-15-16-17-18-19-20-21-22(23)24;/h14-21H,2-13H2,1H3,(H,23,24);1H3. The zero-order valence-corrected chi connectivity index (χ0v) is 16.2. The first-order valence-electron chi connectivity index (χ1n) is 9.67. The van der Waals surface area contributed by atoms with Crippen LogP contribution >= 0.6 is 0 Å². The quantitative estimate of drug-likeness (QED) is 0.176. The molecule has 0 aliphatic carbocycles. The van der Waals surface area contributed by atoms with Gasteiger partial charge in [-0.15, -0.1) is 0 Å². The Hall–Kier alpha value is -1.61. The second-order valence-corrected chi connectivity index (χ2v) is 6.22. The Morgan fingerprint density at radius 3 is 1.64 bits per heavy atom. The monoisotopic (exact) mass is 349 g/mol. The van der Waals surface area contributed by atoms with Crippen molar-refractivity contribution >= 4 is 5.97 Å². The highest BCUT2D eigenvalue weighted by Gasteiger charge is 1.92. The smallest absolute Gasteiger partial charge is 0.328 e. The van der Waals surface area contributed by atoms with E-state index in [2.05, 4.69) is 19.1 Å². The number of unbranched alkanes of at least 4 members (excludes halogenated alkanes) is 11. The fourth-order valence-corrected chi connectivity index (χ4v) is 2.50. The first-order chi connectivity index (χ1) is 11.8. The minimum atomic E-state index is -0.921. The van der Waals surface area contributed by atoms with Crippen LogP contribution in [-0.2, 0) is 4.79 Å². The normalized spacial score (nSPS) is 11.9. The Balaban J connectivity index is 0. The Bertz CT molecular complexity index is 395. The Kier molecular flexibility index (Phi) is 23.0. The van der Waals surface area contributed by atoms with Crippen molar-refractivity contribution in [3.63, 3.8) is 0 Å². The van der Waals surface area contributed by atoms with E-state index in [1.807, 2.05) is 18.2 Å². The molecule has 0 aromatic carbocycles. The number of aliphatic carboxylic acids is 1. The van der Waals surface area contributed by atoms with Gasteiger partial charge in [0, 0.05) is 6.08 Å². The molecule has 0 bridgehead atoms. The van der Waals surface area contributed by atoms with Crippen LogP contribution < -0.4 is 6.15 Å². The van der Waals surface area contributed by atoms with Crippen LogP contribution in [0.1, 0.15) is 84.0 Å². The average Bonchev–Trinajstić information content (AvgIpc) is 2.56. The fourth-order valence-electron chi connectivity index (χ4n) is 2.50. The number of carbonyl (C=O) groups is 1. The summed E-state index contributed by atoms with van der Waals surface area (Å²) in [6.07, 6.45) is 30.7. The van der Waals surface area contributed by atoms with E-state index < -0.39 is 5.97 Å². The van der Waals surface area contributed by atoms with Gasteiger partial charge in [-0.3, -0.25) is 0 Å². The highest BCUT2D eigenvalue weighted by Crippen LogP contribution is 2.11. The zero-order chi connectivity index (χ0) is 17.7. The average molecular weight is 350 g/mol. The van der Waals surface area contributed by atoms with Crippen molar-refractivity contribution in [1.82, 2.24) is 6.15 Å². The second-order valence-electron chi connectivity index (χ2n) is 6.22. The third-order valence-corrected chi connectivity index (χ3v) is 3.90. The van der Waals surface area contributed by atoms with Crippen molar-refractivity contribution in [2.75, 3.05) is 0 Å². The molecule has 0 aromatic rings. The first kappa shape index (κ1) is 25.6. The molecule has 4 N–H and O–H groups in total. The van der Waals surface area contributed by atoms with Gasteiger partial charge in [-0.25, -0.2) is 4.79 Å². The van der Waals surface area contributed by atoms with Gasteiger partial charge in [-0.05, 0) is 12.8 Å². The third-order valence-electron chi connectivity index (χ3n) is 3.90. The maximum atomic E-state index is 10.2. The highest BCUT2D eigenvalue weighted by molar-refractivity contribution is 5.80. The van der Waals surface area contributed by atoms with E-state index in [9.17, 15) is 4.79 Å². The van der Waals surface area contributed by atoms with E-state index in [-0.39, 0.29) is 6.15 Å². The lowest BCUT2D eigenvalue weighted by Crippen LogP contribution is -1.84. The molecule has 0 fully saturated rings. The van der Waals surface area contributed by atoms with Crippen molar-refractivity contribution in [3.8, 4) is 0 Å². The molecule has 3 heteroatoms. The zero-order valence-electron chi connectivity index (χ0n) is 16.2. The molecule has 0 spiro atoms. The highest BCUT2D eigenvalue weighted by atomic mass is 16.4. The molecular weight excluding hydrogens is 310 g/mol. The summed E-state index contributed by atoms with van der Waals surface area (Å²) in [5.41, 5.74) is 0. The van der Waals surface area contributed by atoms with Gasteiger partial charge in [-0.1, -0.05) is 114 Å². The van der Waals surface area contributed by atoms with Crippen LogP contribution in [0.4, 0.5) is 0 Å². The lowest BCUT2D eigenvalue weighted by molar-refractivity contribution is -0.131. The molecule has 0 amide bonds. The van der Waals surface area contributed by atoms with Crippen LogP contribution in [-0.4, -0.2) is 11.1 Å². The summed E-state index contributed by atoms with van der Waals surface area (Å²) < 4.78 is 0. The van der Waals surface area contributed by atoms with Crippen LogP contribution in [0, 0.1) is 0 Å². The van der Waals surface area contributed by atoms with E-state index >= 15 is 0 Å². The van der Waals surface area contributed by atoms with Crippen LogP contribution in [0.25, 0.3) is 0 Å². The van der Waals surface area contributed by atoms with Crippen molar-refractivity contribution < 1.29 is 9.90 Å². The van der Waals surface area contributed by atoms with Crippen molar-refractivity contribution in [3.05, 3.63) is 48.6 Å². The maximum absolute atomic E-state index is 10.2. The summed E-state index contributed by atoms with van der Waals surface area (Å²) >= 11 is 0. The van der Waals surface area contributed by atoms with Gasteiger partial charge < -0.3 is 11.3 Å². The van der Waals surface area contributed by atoms with Crippen LogP contribution in [0.2, 0.25) is 0 Å². The minimum Gasteiger partial charge on any atom is -0.478 e. The van der Waals surface area contributed by atoms with Gasteiger partial charge in [0.15, 0.2) is 0 Å². The molecule has 25 heavy (non-hydrogen) atoms. The van der Waals surface area contributed by atoms with E-state index in [4.69, 9.17) is 5.11 Å². The van der Waals surface area contributed by atoms with E-state index in [0.717, 1.165) is 12.5 Å². The molecule has 144 valence electrons. The molecular formula is C22H39NO2. The summed E-state index contributed by atoms with van der Waals surface area (Å²) in [4.78, 5) is 10.2. The number of allylic oxidation sites excluding steroid dienone is 7. The van der Waals surface area contributed by atoms with Gasteiger partial charge in [0.1, 0.15) is 0 Å². The van der Waals surface area contributed by atoms with Crippen molar-refractivity contribution in [2.45, 2.75) is 84.0 Å². The third kappa shape index (κ3) is 24.8. The molecule has 0 heterocycles. The summed E-state index contributed by atoms with van der Waals surface area (Å²) in [5.74, 6) is -0.921. The molecule has 0 atom stereocenters. The van der Waals surface area contributed by atoms with E-state index in [0.29, 0.717) is 0 Å². The molecule has 0 aliphatic rings. The molecule has 0 rings (SSSR count). The summed E-state index contributed by atoms with van der Waals surface area (Å²) in [6.45, 7) is 2.27. The molecule has 0 aromatic heterocycles. The first-order valence-corrected chi connectivity index (χ1v) is 9.67. The predicted octanol–water partition coefficient (Wildman–Crippen LogP) is 7.16. The van der Waals surface area contributed by atoms with Crippen LogP contribution in [0.3, 0.4) is 0 Å². The SMILES string of the molecule is CCCCCCCCCCCCCC=CC=CC=CC=CC(=O)O.N. The lowest BCUT2D eigenvalue weighted by Gasteiger charge is -2.01. The van der Waals surface area contributed by atoms with Crippen LogP contribution in [0.15, 0.2) is 48.6 Å². The number of hydrogen-bond acceptors (Lipinski definition) is 2. The molecule has 0 unspecified atom stereocenters. The Labute approximate surface area is 155 Å². The van der Waals surface area contributed by atoms with Gasteiger partial charge in [0.05, 0.1) is 0 Å². The fraction of sp³-hybridized carbons (Fsp3) is 0.591. The largest absolute Gasteiger partial charge is 0.478 e. The van der Waals surface area contributed by atoms with Gasteiger partial charge >= 0.3 is 5.97 Å². The topological polar surface area (TPSA) is 72.3 Å².